The van der Waals surface area contributed by atoms with Crippen LogP contribution in [0, 0.1) is 0 Å². The first-order chi connectivity index (χ1) is 7.27. The molecular weight excluding hydrogens is 190 g/mol. The molecule has 2 N–H and O–H groups in total. The summed E-state index contributed by atoms with van der Waals surface area (Å²) in [7, 11) is 0. The van der Waals surface area contributed by atoms with E-state index in [1.807, 2.05) is 6.07 Å². The summed E-state index contributed by atoms with van der Waals surface area (Å²) in [5, 5.41) is 19.2. The molecule has 15 heavy (non-hydrogen) atoms. The van der Waals surface area contributed by atoms with Crippen LogP contribution < -0.4 is 0 Å². The maximum absolute atomic E-state index is 9.94. The van der Waals surface area contributed by atoms with E-state index in [9.17, 15) is 10.2 Å². The van der Waals surface area contributed by atoms with Crippen molar-refractivity contribution in [2.45, 2.75) is 6.10 Å². The molecule has 0 fully saturated rings. The number of benzene rings is 1. The summed E-state index contributed by atoms with van der Waals surface area (Å²) in [6, 6.07) is 11.9. The van der Waals surface area contributed by atoms with Gasteiger partial charge in [-0.1, -0.05) is 18.2 Å². The first kappa shape index (κ1) is 9.68. The SMILES string of the molecule is Oc1cccc(C(O)c2ccccn2)c1. The highest BCUT2D eigenvalue weighted by Gasteiger charge is 2.11. The van der Waals surface area contributed by atoms with E-state index < -0.39 is 6.10 Å². The molecule has 2 aromatic rings. The monoisotopic (exact) mass is 201 g/mol. The largest absolute Gasteiger partial charge is 0.508 e. The van der Waals surface area contributed by atoms with Gasteiger partial charge in [0.1, 0.15) is 11.9 Å². The fourth-order valence-corrected chi connectivity index (χ4v) is 1.40. The molecule has 3 nitrogen and oxygen atoms in total. The van der Waals surface area contributed by atoms with Crippen LogP contribution >= 0.6 is 0 Å². The molecule has 1 heterocycles. The molecule has 1 unspecified atom stereocenters. The van der Waals surface area contributed by atoms with Gasteiger partial charge in [0.05, 0.1) is 5.69 Å². The molecule has 0 saturated carbocycles. The number of aromatic hydroxyl groups is 1. The van der Waals surface area contributed by atoms with Crippen molar-refractivity contribution in [3.05, 3.63) is 59.9 Å². The van der Waals surface area contributed by atoms with Gasteiger partial charge in [-0.2, -0.15) is 0 Å². The average molecular weight is 201 g/mol. The summed E-state index contributed by atoms with van der Waals surface area (Å²) in [5.41, 5.74) is 1.21. The molecule has 1 aromatic heterocycles. The second-order valence-electron chi connectivity index (χ2n) is 3.25. The Labute approximate surface area is 87.7 Å². The maximum atomic E-state index is 9.94. The average Bonchev–Trinajstić information content (AvgIpc) is 2.29. The minimum atomic E-state index is -0.793. The van der Waals surface area contributed by atoms with Gasteiger partial charge in [0.25, 0.3) is 0 Å². The number of phenolic OH excluding ortho intramolecular Hbond substituents is 1. The van der Waals surface area contributed by atoms with E-state index >= 15 is 0 Å². The van der Waals surface area contributed by atoms with E-state index in [1.165, 1.54) is 6.07 Å². The number of aliphatic hydroxyl groups is 1. The molecule has 76 valence electrons. The van der Waals surface area contributed by atoms with Gasteiger partial charge in [-0.15, -0.1) is 0 Å². The fraction of sp³-hybridized carbons (Fsp3) is 0.0833. The molecule has 0 aliphatic rings. The number of hydrogen-bond donors (Lipinski definition) is 2. The number of aliphatic hydroxyl groups excluding tert-OH is 1. The Morgan fingerprint density at radius 2 is 1.93 bits per heavy atom. The lowest BCUT2D eigenvalue weighted by atomic mass is 10.1. The lowest BCUT2D eigenvalue weighted by molar-refractivity contribution is 0.215. The topological polar surface area (TPSA) is 53.4 Å². The molecule has 0 aliphatic heterocycles. The van der Waals surface area contributed by atoms with Gasteiger partial charge < -0.3 is 10.2 Å². The number of rotatable bonds is 2. The zero-order valence-corrected chi connectivity index (χ0v) is 8.04. The van der Waals surface area contributed by atoms with Crippen LogP contribution in [0.5, 0.6) is 5.75 Å². The van der Waals surface area contributed by atoms with Crippen LogP contribution in [0.4, 0.5) is 0 Å². The Bertz CT molecular complexity index is 442. The first-order valence-electron chi connectivity index (χ1n) is 4.65. The molecule has 1 atom stereocenters. The van der Waals surface area contributed by atoms with Crippen LogP contribution in [-0.2, 0) is 0 Å². The molecule has 0 amide bonds. The molecule has 0 saturated heterocycles. The molecule has 0 spiro atoms. The van der Waals surface area contributed by atoms with Crippen LogP contribution in [0.25, 0.3) is 0 Å². The molecule has 1 aromatic carbocycles. The Morgan fingerprint density at radius 3 is 2.60 bits per heavy atom. The Morgan fingerprint density at radius 1 is 1.07 bits per heavy atom. The van der Waals surface area contributed by atoms with Crippen LogP contribution in [-0.4, -0.2) is 15.2 Å². The molecule has 0 radical (unpaired) electrons. The third-order valence-electron chi connectivity index (χ3n) is 2.15. The van der Waals surface area contributed by atoms with E-state index in [0.717, 1.165) is 0 Å². The number of hydrogen-bond acceptors (Lipinski definition) is 3. The summed E-state index contributed by atoms with van der Waals surface area (Å²) in [6.45, 7) is 0. The normalized spacial score (nSPS) is 12.3. The fourth-order valence-electron chi connectivity index (χ4n) is 1.40. The standard InChI is InChI=1S/C12H11NO2/c14-10-5-3-4-9(8-10)12(15)11-6-1-2-7-13-11/h1-8,12,14-15H. The summed E-state index contributed by atoms with van der Waals surface area (Å²) in [4.78, 5) is 4.05. The third-order valence-corrected chi connectivity index (χ3v) is 2.15. The molecule has 3 heteroatoms. The molecule has 0 aliphatic carbocycles. The van der Waals surface area contributed by atoms with Crippen molar-refractivity contribution in [2.75, 3.05) is 0 Å². The minimum Gasteiger partial charge on any atom is -0.508 e. The quantitative estimate of drug-likeness (QED) is 0.779. The van der Waals surface area contributed by atoms with Gasteiger partial charge in [-0.3, -0.25) is 4.98 Å². The van der Waals surface area contributed by atoms with Gasteiger partial charge in [0, 0.05) is 6.20 Å². The molecular formula is C12H11NO2. The number of phenols is 1. The lowest BCUT2D eigenvalue weighted by Gasteiger charge is -2.10. The van der Waals surface area contributed by atoms with Crippen molar-refractivity contribution in [1.82, 2.24) is 4.98 Å². The Hall–Kier alpha value is -1.87. The van der Waals surface area contributed by atoms with E-state index in [2.05, 4.69) is 4.98 Å². The lowest BCUT2D eigenvalue weighted by Crippen LogP contribution is -2.01. The predicted molar refractivity (Wildman–Crippen MR) is 56.4 cm³/mol. The van der Waals surface area contributed by atoms with E-state index in [4.69, 9.17) is 0 Å². The van der Waals surface area contributed by atoms with Crippen molar-refractivity contribution >= 4 is 0 Å². The Kier molecular flexibility index (Phi) is 2.65. The van der Waals surface area contributed by atoms with Gasteiger partial charge in [0.2, 0.25) is 0 Å². The number of aromatic nitrogens is 1. The van der Waals surface area contributed by atoms with Gasteiger partial charge in [-0.25, -0.2) is 0 Å². The smallest absolute Gasteiger partial charge is 0.121 e. The van der Waals surface area contributed by atoms with Crippen molar-refractivity contribution in [3.8, 4) is 5.75 Å². The van der Waals surface area contributed by atoms with Crippen LogP contribution in [0.3, 0.4) is 0 Å². The van der Waals surface area contributed by atoms with Gasteiger partial charge in [0.15, 0.2) is 0 Å². The van der Waals surface area contributed by atoms with Crippen molar-refractivity contribution in [3.63, 3.8) is 0 Å². The number of nitrogens with zero attached hydrogens (tertiary/aromatic N) is 1. The molecule has 2 rings (SSSR count). The Balaban J connectivity index is 2.32. The zero-order chi connectivity index (χ0) is 10.7. The predicted octanol–water partition coefficient (Wildman–Crippen LogP) is 1.87. The van der Waals surface area contributed by atoms with Crippen LogP contribution in [0.2, 0.25) is 0 Å². The van der Waals surface area contributed by atoms with Crippen molar-refractivity contribution in [2.24, 2.45) is 0 Å². The second kappa shape index (κ2) is 4.11. The summed E-state index contributed by atoms with van der Waals surface area (Å²) < 4.78 is 0. The zero-order valence-electron chi connectivity index (χ0n) is 8.04. The van der Waals surface area contributed by atoms with Crippen LogP contribution in [0.15, 0.2) is 48.7 Å². The van der Waals surface area contributed by atoms with Crippen molar-refractivity contribution < 1.29 is 10.2 Å². The van der Waals surface area contributed by atoms with E-state index in [1.54, 1.807) is 36.5 Å². The summed E-state index contributed by atoms with van der Waals surface area (Å²) in [6.07, 6.45) is 0.833. The summed E-state index contributed by atoms with van der Waals surface area (Å²) >= 11 is 0. The van der Waals surface area contributed by atoms with Crippen molar-refractivity contribution in [1.29, 1.82) is 0 Å². The summed E-state index contributed by atoms with van der Waals surface area (Å²) in [5.74, 6) is 0.141. The van der Waals surface area contributed by atoms with Gasteiger partial charge >= 0.3 is 0 Å². The highest BCUT2D eigenvalue weighted by molar-refractivity contribution is 5.32. The minimum absolute atomic E-state index is 0.141. The van der Waals surface area contributed by atoms with E-state index in [0.29, 0.717) is 11.3 Å². The highest BCUT2D eigenvalue weighted by Crippen LogP contribution is 2.22. The highest BCUT2D eigenvalue weighted by atomic mass is 16.3. The third kappa shape index (κ3) is 2.14. The number of pyridine rings is 1. The molecule has 0 bridgehead atoms. The van der Waals surface area contributed by atoms with E-state index in [-0.39, 0.29) is 5.75 Å². The second-order valence-corrected chi connectivity index (χ2v) is 3.25. The maximum Gasteiger partial charge on any atom is 0.121 e. The first-order valence-corrected chi connectivity index (χ1v) is 4.65. The van der Waals surface area contributed by atoms with Crippen LogP contribution in [0.1, 0.15) is 17.4 Å². The van der Waals surface area contributed by atoms with Gasteiger partial charge in [-0.05, 0) is 29.8 Å².